The smallest absolute Gasteiger partial charge is 0.308 e. The van der Waals surface area contributed by atoms with Gasteiger partial charge in [0.05, 0.1) is 12.5 Å². The van der Waals surface area contributed by atoms with E-state index in [-0.39, 0.29) is 6.54 Å². The van der Waals surface area contributed by atoms with E-state index in [1.165, 1.54) is 0 Å². The second-order valence-corrected chi connectivity index (χ2v) is 6.03. The molecule has 1 saturated heterocycles. The molecule has 0 radical (unpaired) electrons. The number of nitrogens with zero attached hydrogens (tertiary/aromatic N) is 4. The average molecular weight is 282 g/mol. The van der Waals surface area contributed by atoms with Gasteiger partial charge in [-0.2, -0.15) is 0 Å². The number of ether oxygens (including phenoxy) is 1. The van der Waals surface area contributed by atoms with Crippen LogP contribution in [0, 0.1) is 11.8 Å². The van der Waals surface area contributed by atoms with Crippen LogP contribution in [0.5, 0.6) is 0 Å². The fourth-order valence-corrected chi connectivity index (χ4v) is 2.69. The van der Waals surface area contributed by atoms with Crippen LogP contribution in [-0.4, -0.2) is 37.9 Å². The van der Waals surface area contributed by atoms with Gasteiger partial charge in [-0.25, -0.2) is 4.68 Å². The SMILES string of the molecule is CC(C)CC(Cn1nnnc1C1(C)CCCO1)C(=O)O. The Hall–Kier alpha value is -1.50. The molecule has 2 heterocycles. The van der Waals surface area contributed by atoms with Crippen molar-refractivity contribution in [1.29, 1.82) is 0 Å². The van der Waals surface area contributed by atoms with Crippen LogP contribution >= 0.6 is 0 Å². The molecule has 1 fully saturated rings. The highest BCUT2D eigenvalue weighted by molar-refractivity contribution is 5.69. The molecule has 1 aromatic rings. The predicted molar refractivity (Wildman–Crippen MR) is 70.9 cm³/mol. The zero-order valence-corrected chi connectivity index (χ0v) is 12.2. The van der Waals surface area contributed by atoms with Crippen molar-refractivity contribution in [3.05, 3.63) is 5.82 Å². The summed E-state index contributed by atoms with van der Waals surface area (Å²) in [6.07, 6.45) is 2.43. The van der Waals surface area contributed by atoms with E-state index in [0.29, 0.717) is 24.8 Å². The lowest BCUT2D eigenvalue weighted by atomic mass is 9.96. The summed E-state index contributed by atoms with van der Waals surface area (Å²) in [6, 6.07) is 0. The predicted octanol–water partition coefficient (Wildman–Crippen LogP) is 1.45. The third-order valence-corrected chi connectivity index (χ3v) is 3.72. The molecule has 0 bridgehead atoms. The van der Waals surface area contributed by atoms with E-state index in [1.807, 2.05) is 20.8 Å². The molecule has 2 unspecified atom stereocenters. The molecule has 1 aliphatic rings. The molecule has 0 aromatic carbocycles. The van der Waals surface area contributed by atoms with Crippen molar-refractivity contribution >= 4 is 5.97 Å². The normalized spacial score (nSPS) is 24.2. The number of aromatic nitrogens is 4. The highest BCUT2D eigenvalue weighted by Gasteiger charge is 2.38. The molecule has 0 saturated carbocycles. The summed E-state index contributed by atoms with van der Waals surface area (Å²) in [6.45, 7) is 6.96. The summed E-state index contributed by atoms with van der Waals surface area (Å²) in [5.74, 6) is -0.348. The average Bonchev–Trinajstić information content (AvgIpc) is 2.97. The Kier molecular flexibility index (Phi) is 4.37. The van der Waals surface area contributed by atoms with Crippen LogP contribution in [0.1, 0.15) is 45.9 Å². The lowest BCUT2D eigenvalue weighted by Crippen LogP contribution is -2.29. The highest BCUT2D eigenvalue weighted by Crippen LogP contribution is 2.34. The maximum atomic E-state index is 11.4. The van der Waals surface area contributed by atoms with Crippen LogP contribution in [0.2, 0.25) is 0 Å². The Morgan fingerprint density at radius 2 is 2.30 bits per heavy atom. The number of tetrazole rings is 1. The van der Waals surface area contributed by atoms with E-state index in [1.54, 1.807) is 4.68 Å². The number of carboxylic acid groups (broad SMARTS) is 1. The highest BCUT2D eigenvalue weighted by atomic mass is 16.5. The van der Waals surface area contributed by atoms with Crippen LogP contribution < -0.4 is 0 Å². The van der Waals surface area contributed by atoms with Gasteiger partial charge in [-0.1, -0.05) is 13.8 Å². The number of hydrogen-bond donors (Lipinski definition) is 1. The molecule has 1 N–H and O–H groups in total. The van der Waals surface area contributed by atoms with E-state index >= 15 is 0 Å². The first-order valence-corrected chi connectivity index (χ1v) is 7.06. The summed E-state index contributed by atoms with van der Waals surface area (Å²) in [5, 5.41) is 21.0. The lowest BCUT2D eigenvalue weighted by Gasteiger charge is -2.23. The molecular formula is C13H22N4O3. The third-order valence-electron chi connectivity index (χ3n) is 3.72. The van der Waals surface area contributed by atoms with Crippen molar-refractivity contribution in [2.75, 3.05) is 6.61 Å². The van der Waals surface area contributed by atoms with Crippen molar-refractivity contribution < 1.29 is 14.6 Å². The Balaban J connectivity index is 2.17. The first-order valence-electron chi connectivity index (χ1n) is 7.06. The molecule has 7 heteroatoms. The summed E-state index contributed by atoms with van der Waals surface area (Å²) >= 11 is 0. The molecule has 0 aliphatic carbocycles. The van der Waals surface area contributed by atoms with Crippen molar-refractivity contribution in [2.45, 2.75) is 52.2 Å². The quantitative estimate of drug-likeness (QED) is 0.849. The van der Waals surface area contributed by atoms with E-state index < -0.39 is 17.5 Å². The summed E-state index contributed by atoms with van der Waals surface area (Å²) < 4.78 is 7.33. The molecule has 0 spiro atoms. The minimum atomic E-state index is -0.808. The van der Waals surface area contributed by atoms with Gasteiger partial charge in [0.25, 0.3) is 0 Å². The fraction of sp³-hybridized carbons (Fsp3) is 0.846. The maximum Gasteiger partial charge on any atom is 0.308 e. The molecule has 112 valence electrons. The fourth-order valence-electron chi connectivity index (χ4n) is 2.69. The summed E-state index contributed by atoms with van der Waals surface area (Å²) in [4.78, 5) is 11.4. The molecule has 2 rings (SSSR count). The maximum absolute atomic E-state index is 11.4. The van der Waals surface area contributed by atoms with Gasteiger partial charge in [-0.15, -0.1) is 5.10 Å². The van der Waals surface area contributed by atoms with Gasteiger partial charge in [0.15, 0.2) is 5.82 Å². The molecule has 1 aromatic heterocycles. The monoisotopic (exact) mass is 282 g/mol. The first-order chi connectivity index (χ1) is 9.42. The van der Waals surface area contributed by atoms with Crippen LogP contribution in [0.15, 0.2) is 0 Å². The number of hydrogen-bond acceptors (Lipinski definition) is 5. The number of carbonyl (C=O) groups is 1. The molecule has 7 nitrogen and oxygen atoms in total. The second-order valence-electron chi connectivity index (χ2n) is 6.03. The van der Waals surface area contributed by atoms with Crippen LogP contribution in [0.4, 0.5) is 0 Å². The molecular weight excluding hydrogens is 260 g/mol. The minimum Gasteiger partial charge on any atom is -0.481 e. The molecule has 20 heavy (non-hydrogen) atoms. The van der Waals surface area contributed by atoms with Gasteiger partial charge in [-0.05, 0) is 42.5 Å². The number of rotatable bonds is 6. The van der Waals surface area contributed by atoms with E-state index in [0.717, 1.165) is 12.8 Å². The Morgan fingerprint density at radius 1 is 1.55 bits per heavy atom. The first kappa shape index (κ1) is 14.9. The molecule has 1 aliphatic heterocycles. The zero-order chi connectivity index (χ0) is 14.8. The molecule has 2 atom stereocenters. The van der Waals surface area contributed by atoms with E-state index in [2.05, 4.69) is 15.5 Å². The second kappa shape index (κ2) is 5.87. The summed E-state index contributed by atoms with van der Waals surface area (Å²) in [7, 11) is 0. The van der Waals surface area contributed by atoms with E-state index in [9.17, 15) is 9.90 Å². The number of carboxylic acids is 1. The van der Waals surface area contributed by atoms with Crippen molar-refractivity contribution in [3.63, 3.8) is 0 Å². The number of aliphatic carboxylic acids is 1. The standard InChI is InChI=1S/C13H22N4O3/c1-9(2)7-10(11(18)19)8-17-12(14-15-16-17)13(3)5-4-6-20-13/h9-10H,4-8H2,1-3H3,(H,18,19). The van der Waals surface area contributed by atoms with Gasteiger partial charge in [-0.3, -0.25) is 4.79 Å². The topological polar surface area (TPSA) is 90.1 Å². The zero-order valence-electron chi connectivity index (χ0n) is 12.2. The Bertz CT molecular complexity index is 466. The van der Waals surface area contributed by atoms with Crippen molar-refractivity contribution in [1.82, 2.24) is 20.2 Å². The van der Waals surface area contributed by atoms with E-state index in [4.69, 9.17) is 4.74 Å². The van der Waals surface area contributed by atoms with Crippen LogP contribution in [-0.2, 0) is 21.7 Å². The minimum absolute atomic E-state index is 0.287. The van der Waals surface area contributed by atoms with Crippen molar-refractivity contribution in [3.8, 4) is 0 Å². The Labute approximate surface area is 118 Å². The van der Waals surface area contributed by atoms with Gasteiger partial charge in [0.1, 0.15) is 5.60 Å². The third kappa shape index (κ3) is 3.15. The van der Waals surface area contributed by atoms with Crippen molar-refractivity contribution in [2.24, 2.45) is 11.8 Å². The molecule has 0 amide bonds. The van der Waals surface area contributed by atoms with Gasteiger partial charge < -0.3 is 9.84 Å². The summed E-state index contributed by atoms with van der Waals surface area (Å²) in [5.41, 5.74) is -0.496. The lowest BCUT2D eigenvalue weighted by molar-refractivity contribution is -0.143. The van der Waals surface area contributed by atoms with Crippen LogP contribution in [0.25, 0.3) is 0 Å². The Morgan fingerprint density at radius 3 is 2.85 bits per heavy atom. The van der Waals surface area contributed by atoms with Crippen LogP contribution in [0.3, 0.4) is 0 Å². The van der Waals surface area contributed by atoms with Gasteiger partial charge in [0.2, 0.25) is 0 Å². The van der Waals surface area contributed by atoms with Gasteiger partial charge in [0, 0.05) is 6.61 Å². The van der Waals surface area contributed by atoms with Gasteiger partial charge >= 0.3 is 5.97 Å². The largest absolute Gasteiger partial charge is 0.481 e.